The van der Waals surface area contributed by atoms with Crippen LogP contribution in [0.1, 0.15) is 11.4 Å². The number of hydrogen-bond acceptors (Lipinski definition) is 3. The topological polar surface area (TPSA) is 56.2 Å². The van der Waals surface area contributed by atoms with Crippen LogP contribution in [0, 0.1) is 0 Å². The predicted molar refractivity (Wildman–Crippen MR) is 102 cm³/mol. The highest BCUT2D eigenvalue weighted by Crippen LogP contribution is 2.24. The number of benzene rings is 2. The summed E-state index contributed by atoms with van der Waals surface area (Å²) in [6.45, 7) is 0.518. The molecular formula is C21H19N3O2. The van der Waals surface area contributed by atoms with Crippen LogP contribution in [-0.4, -0.2) is 22.0 Å². The fourth-order valence-electron chi connectivity index (χ4n) is 3.05. The molecule has 0 bridgehead atoms. The van der Waals surface area contributed by atoms with Crippen molar-refractivity contribution in [2.75, 3.05) is 6.54 Å². The maximum atomic E-state index is 12.5. The molecule has 5 heteroatoms. The van der Waals surface area contributed by atoms with Crippen molar-refractivity contribution >= 4 is 23.0 Å². The first-order valence-electron chi connectivity index (χ1n) is 8.55. The molecule has 0 saturated heterocycles. The molecule has 1 amide bonds. The van der Waals surface area contributed by atoms with E-state index in [9.17, 15) is 4.79 Å². The zero-order valence-electron chi connectivity index (χ0n) is 14.5. The lowest BCUT2D eigenvalue weighted by Gasteiger charge is -2.06. The monoisotopic (exact) mass is 345 g/mol. The Bertz CT molecular complexity index is 1030. The standard InChI is InChI=1S/C21H19N3O2/c1-24-18-8-4-3-7-17(18)23-20(24)10-12-22-21(25)16-11-13-26-19-9-5-2-6-15(19)14-16/h2-9,11,13-14H,10,12H2,1H3,(H,22,25). The van der Waals surface area contributed by atoms with E-state index in [4.69, 9.17) is 4.74 Å². The summed E-state index contributed by atoms with van der Waals surface area (Å²) in [6, 6.07) is 15.6. The van der Waals surface area contributed by atoms with Crippen molar-refractivity contribution in [1.29, 1.82) is 0 Å². The number of amides is 1. The van der Waals surface area contributed by atoms with Crippen molar-refractivity contribution in [3.05, 3.63) is 77.8 Å². The van der Waals surface area contributed by atoms with Crippen LogP contribution in [0.5, 0.6) is 5.75 Å². The van der Waals surface area contributed by atoms with Crippen molar-refractivity contribution in [2.24, 2.45) is 7.05 Å². The SMILES string of the molecule is Cn1c(CCNC(=O)C2=Cc3ccccc3OC=C2)nc2ccccc21. The Kier molecular flexibility index (Phi) is 4.27. The summed E-state index contributed by atoms with van der Waals surface area (Å²) in [4.78, 5) is 17.1. The normalized spacial score (nSPS) is 12.9. The first kappa shape index (κ1) is 16.1. The van der Waals surface area contributed by atoms with Crippen molar-refractivity contribution in [1.82, 2.24) is 14.9 Å². The summed E-state index contributed by atoms with van der Waals surface area (Å²) >= 11 is 0. The molecular weight excluding hydrogens is 326 g/mol. The van der Waals surface area contributed by atoms with Gasteiger partial charge in [-0.05, 0) is 30.4 Å². The van der Waals surface area contributed by atoms with Gasteiger partial charge in [0.1, 0.15) is 11.6 Å². The van der Waals surface area contributed by atoms with E-state index in [0.717, 1.165) is 28.2 Å². The van der Waals surface area contributed by atoms with Crippen LogP contribution in [0.15, 0.2) is 66.4 Å². The number of hydrogen-bond donors (Lipinski definition) is 1. The van der Waals surface area contributed by atoms with Gasteiger partial charge in [-0.25, -0.2) is 4.98 Å². The number of aromatic nitrogens is 2. The van der Waals surface area contributed by atoms with Gasteiger partial charge in [-0.2, -0.15) is 0 Å². The van der Waals surface area contributed by atoms with Crippen LogP contribution in [0.3, 0.4) is 0 Å². The molecule has 3 aromatic rings. The molecule has 1 aromatic heterocycles. The minimum Gasteiger partial charge on any atom is -0.464 e. The van der Waals surface area contributed by atoms with Gasteiger partial charge in [-0.1, -0.05) is 30.3 Å². The lowest BCUT2D eigenvalue weighted by molar-refractivity contribution is -0.117. The largest absolute Gasteiger partial charge is 0.464 e. The molecule has 130 valence electrons. The maximum absolute atomic E-state index is 12.5. The number of ether oxygens (including phenoxy) is 1. The van der Waals surface area contributed by atoms with Crippen LogP contribution < -0.4 is 10.1 Å². The Hall–Kier alpha value is -3.34. The Balaban J connectivity index is 1.44. The van der Waals surface area contributed by atoms with Crippen LogP contribution in [0.4, 0.5) is 0 Å². The third kappa shape index (κ3) is 3.11. The van der Waals surface area contributed by atoms with Crippen LogP contribution in [-0.2, 0) is 18.3 Å². The Labute approximate surface area is 151 Å². The van der Waals surface area contributed by atoms with Crippen LogP contribution in [0.25, 0.3) is 17.1 Å². The minimum absolute atomic E-state index is 0.125. The van der Waals surface area contributed by atoms with Gasteiger partial charge in [-0.3, -0.25) is 4.79 Å². The summed E-state index contributed by atoms with van der Waals surface area (Å²) in [5.74, 6) is 1.57. The molecule has 5 nitrogen and oxygen atoms in total. The van der Waals surface area contributed by atoms with E-state index in [2.05, 4.69) is 14.9 Å². The van der Waals surface area contributed by atoms with E-state index in [1.165, 1.54) is 0 Å². The van der Waals surface area contributed by atoms with Crippen molar-refractivity contribution in [2.45, 2.75) is 6.42 Å². The number of para-hydroxylation sites is 3. The molecule has 1 aliphatic heterocycles. The zero-order chi connectivity index (χ0) is 17.9. The second-order valence-electron chi connectivity index (χ2n) is 6.14. The molecule has 0 fully saturated rings. The van der Waals surface area contributed by atoms with Gasteiger partial charge >= 0.3 is 0 Å². The Morgan fingerprint density at radius 2 is 1.96 bits per heavy atom. The second-order valence-corrected chi connectivity index (χ2v) is 6.14. The number of fused-ring (bicyclic) bond motifs is 2. The van der Waals surface area contributed by atoms with Crippen LogP contribution in [0.2, 0.25) is 0 Å². The third-order valence-electron chi connectivity index (χ3n) is 4.45. The molecule has 1 aliphatic rings. The molecule has 0 aliphatic carbocycles. The van der Waals surface area contributed by atoms with E-state index in [1.807, 2.05) is 61.7 Å². The van der Waals surface area contributed by atoms with Crippen molar-refractivity contribution in [3.63, 3.8) is 0 Å². The number of rotatable bonds is 4. The van der Waals surface area contributed by atoms with Crippen molar-refractivity contribution < 1.29 is 9.53 Å². The van der Waals surface area contributed by atoms with Crippen LogP contribution >= 0.6 is 0 Å². The highest BCUT2D eigenvalue weighted by atomic mass is 16.5. The number of nitrogens with zero attached hydrogens (tertiary/aromatic N) is 2. The van der Waals surface area contributed by atoms with E-state index < -0.39 is 0 Å². The zero-order valence-corrected chi connectivity index (χ0v) is 14.5. The highest BCUT2D eigenvalue weighted by Gasteiger charge is 2.12. The van der Waals surface area contributed by atoms with E-state index >= 15 is 0 Å². The molecule has 1 N–H and O–H groups in total. The molecule has 2 heterocycles. The number of carbonyl (C=O) groups is 1. The second kappa shape index (κ2) is 6.88. The number of imidazole rings is 1. The molecule has 0 spiro atoms. The number of carbonyl (C=O) groups excluding carboxylic acids is 1. The van der Waals surface area contributed by atoms with Gasteiger partial charge in [0.2, 0.25) is 0 Å². The number of aryl methyl sites for hydroxylation is 1. The van der Waals surface area contributed by atoms with E-state index in [0.29, 0.717) is 18.5 Å². The van der Waals surface area contributed by atoms with Gasteiger partial charge in [0, 0.05) is 31.1 Å². The lowest BCUT2D eigenvalue weighted by atomic mass is 10.1. The minimum atomic E-state index is -0.125. The fraction of sp³-hybridized carbons (Fsp3) is 0.143. The smallest absolute Gasteiger partial charge is 0.251 e. The molecule has 4 rings (SSSR count). The summed E-state index contributed by atoms with van der Waals surface area (Å²) in [5.41, 5.74) is 3.52. The summed E-state index contributed by atoms with van der Waals surface area (Å²) in [6.07, 6.45) is 5.73. The molecule has 26 heavy (non-hydrogen) atoms. The van der Waals surface area contributed by atoms with Gasteiger partial charge in [0.05, 0.1) is 17.3 Å². The third-order valence-corrected chi connectivity index (χ3v) is 4.45. The van der Waals surface area contributed by atoms with Gasteiger partial charge < -0.3 is 14.6 Å². The average Bonchev–Trinajstić information content (AvgIpc) is 2.84. The molecule has 0 unspecified atom stereocenters. The average molecular weight is 345 g/mol. The lowest BCUT2D eigenvalue weighted by Crippen LogP contribution is -2.27. The molecule has 2 aromatic carbocycles. The van der Waals surface area contributed by atoms with Gasteiger partial charge in [0.15, 0.2) is 0 Å². The quantitative estimate of drug-likeness (QED) is 0.790. The molecule has 0 saturated carbocycles. The highest BCUT2D eigenvalue weighted by molar-refractivity contribution is 6.01. The van der Waals surface area contributed by atoms with Crippen molar-refractivity contribution in [3.8, 4) is 5.75 Å². The molecule has 0 radical (unpaired) electrons. The summed E-state index contributed by atoms with van der Waals surface area (Å²) in [7, 11) is 2.00. The van der Waals surface area contributed by atoms with E-state index in [1.54, 1.807) is 12.3 Å². The maximum Gasteiger partial charge on any atom is 0.251 e. The first-order valence-corrected chi connectivity index (χ1v) is 8.55. The van der Waals surface area contributed by atoms with Gasteiger partial charge in [-0.15, -0.1) is 0 Å². The van der Waals surface area contributed by atoms with Gasteiger partial charge in [0.25, 0.3) is 5.91 Å². The first-order chi connectivity index (χ1) is 12.7. The summed E-state index contributed by atoms with van der Waals surface area (Å²) in [5, 5.41) is 2.96. The Morgan fingerprint density at radius 3 is 2.85 bits per heavy atom. The molecule has 0 atom stereocenters. The fourth-order valence-corrected chi connectivity index (χ4v) is 3.05. The predicted octanol–water partition coefficient (Wildman–Crippen LogP) is 3.22. The number of nitrogens with one attached hydrogen (secondary N) is 1. The Morgan fingerprint density at radius 1 is 1.15 bits per heavy atom. The van der Waals surface area contributed by atoms with E-state index in [-0.39, 0.29) is 5.91 Å². The summed E-state index contributed by atoms with van der Waals surface area (Å²) < 4.78 is 7.59.